The molecule has 1 unspecified atom stereocenters. The van der Waals surface area contributed by atoms with E-state index in [0.29, 0.717) is 5.82 Å². The van der Waals surface area contributed by atoms with Gasteiger partial charge in [0.1, 0.15) is 6.29 Å². The third-order valence-electron chi connectivity index (χ3n) is 9.53. The van der Waals surface area contributed by atoms with Gasteiger partial charge in [-0.1, -0.05) is 153 Å². The molecule has 1 aliphatic heterocycles. The van der Waals surface area contributed by atoms with Crippen LogP contribution < -0.4 is 5.43 Å². The topological polar surface area (TPSA) is 75.9 Å². The third kappa shape index (κ3) is 6.09. The van der Waals surface area contributed by atoms with E-state index in [9.17, 15) is 4.79 Å². The van der Waals surface area contributed by atoms with Crippen molar-refractivity contribution < 1.29 is 4.79 Å². The number of nitrogens with zero attached hydrogens (tertiary/aromatic N) is 5. The number of benzene rings is 5. The van der Waals surface area contributed by atoms with Crippen LogP contribution in [0.25, 0.3) is 22.5 Å². The molecule has 0 bridgehead atoms. The number of hydrogen-bond donors (Lipinski definition) is 1. The Labute approximate surface area is 287 Å². The second-order valence-corrected chi connectivity index (χ2v) is 12.5. The van der Waals surface area contributed by atoms with Crippen LogP contribution in [-0.2, 0) is 16.8 Å². The predicted octanol–water partition coefficient (Wildman–Crippen LogP) is 7.85. The number of aromatic nitrogens is 4. The number of nitrogens with one attached hydrogen (secondary N) is 1. The minimum Gasteiger partial charge on any atom is -0.312 e. The van der Waals surface area contributed by atoms with Crippen molar-refractivity contribution in [3.05, 3.63) is 173 Å². The van der Waals surface area contributed by atoms with Crippen molar-refractivity contribution in [1.29, 1.82) is 0 Å². The van der Waals surface area contributed by atoms with Crippen LogP contribution >= 0.6 is 0 Å². The first-order valence-corrected chi connectivity index (χ1v) is 17.0. The second-order valence-electron chi connectivity index (χ2n) is 12.5. The van der Waals surface area contributed by atoms with Crippen molar-refractivity contribution in [3.8, 4) is 22.5 Å². The largest absolute Gasteiger partial charge is 0.312 e. The van der Waals surface area contributed by atoms with Crippen molar-refractivity contribution in [2.24, 2.45) is 0 Å². The molecule has 5 aromatic carbocycles. The molecule has 7 heteroatoms. The summed E-state index contributed by atoms with van der Waals surface area (Å²) in [4.78, 5) is 13.8. The van der Waals surface area contributed by atoms with Crippen molar-refractivity contribution in [2.45, 2.75) is 44.7 Å². The van der Waals surface area contributed by atoms with Gasteiger partial charge in [0.25, 0.3) is 0 Å². The van der Waals surface area contributed by atoms with Crippen molar-refractivity contribution >= 4 is 6.29 Å². The Balaban J connectivity index is 1.24. The number of carbonyl (C=O) groups excluding carboxylic acids is 1. The van der Waals surface area contributed by atoms with E-state index in [0.717, 1.165) is 82.3 Å². The molecule has 0 amide bonds. The lowest BCUT2D eigenvalue weighted by Gasteiger charge is -2.34. The van der Waals surface area contributed by atoms with Crippen molar-refractivity contribution in [2.75, 3.05) is 6.54 Å². The molecular formula is C42H40N6O. The zero-order valence-corrected chi connectivity index (χ0v) is 27.9. The Kier molecular flexibility index (Phi) is 9.26. The monoisotopic (exact) mass is 644 g/mol. The normalized spacial score (nSPS) is 14.7. The lowest BCUT2D eigenvalue weighted by molar-refractivity contribution is -0.105. The maximum absolute atomic E-state index is 12.0. The van der Waals surface area contributed by atoms with Crippen LogP contribution in [0.3, 0.4) is 0 Å². The number of hydrogen-bond acceptors (Lipinski definition) is 6. The zero-order valence-electron chi connectivity index (χ0n) is 27.9. The summed E-state index contributed by atoms with van der Waals surface area (Å²) < 4.78 is 0. The number of unbranched alkanes of at least 4 members (excludes halogenated alkanes) is 1. The summed E-state index contributed by atoms with van der Waals surface area (Å²) in [5, 5.41) is 16.7. The molecule has 49 heavy (non-hydrogen) atoms. The van der Waals surface area contributed by atoms with E-state index in [-0.39, 0.29) is 6.04 Å². The molecule has 1 N–H and O–H groups in total. The fourth-order valence-corrected chi connectivity index (χ4v) is 6.97. The molecule has 7 rings (SSSR count). The highest BCUT2D eigenvalue weighted by Crippen LogP contribution is 2.40. The maximum Gasteiger partial charge on any atom is 0.205 e. The molecule has 1 aliphatic rings. The van der Waals surface area contributed by atoms with E-state index in [1.165, 1.54) is 0 Å². The average molecular weight is 645 g/mol. The molecule has 244 valence electrons. The zero-order chi connectivity index (χ0) is 33.6. The Hall–Kier alpha value is -5.66. The summed E-state index contributed by atoms with van der Waals surface area (Å²) in [6, 6.07) is 47.9. The molecule has 1 atom stereocenters. The Morgan fingerprint density at radius 1 is 0.735 bits per heavy atom. The number of carbonyl (C=O) groups is 1. The van der Waals surface area contributed by atoms with Gasteiger partial charge in [0.2, 0.25) is 5.82 Å². The van der Waals surface area contributed by atoms with Gasteiger partial charge >= 0.3 is 0 Å². The van der Waals surface area contributed by atoms with Crippen LogP contribution in [0.15, 0.2) is 151 Å². The van der Waals surface area contributed by atoms with Gasteiger partial charge in [0.05, 0.1) is 6.04 Å². The summed E-state index contributed by atoms with van der Waals surface area (Å²) >= 11 is 0. The molecule has 1 aromatic heterocycles. The Morgan fingerprint density at radius 3 is 1.84 bits per heavy atom. The highest BCUT2D eigenvalue weighted by molar-refractivity contribution is 5.80. The van der Waals surface area contributed by atoms with Gasteiger partial charge in [-0.3, -0.25) is 4.79 Å². The lowest BCUT2D eigenvalue weighted by Crippen LogP contribution is -2.39. The second kappa shape index (κ2) is 14.2. The highest BCUT2D eigenvalue weighted by atomic mass is 16.1. The standard InChI is InChI=1S/C42H40N6O/c1-3-4-28-47-31(2)39(30-49)40(44-47)29-32-24-26-33(27-25-32)37-22-14-15-23-38(37)41-43-46-48(45-41)42(34-16-8-5-9-17-34,35-18-10-6-11-19-35)36-20-12-7-13-21-36/h5-27,30,40,44H,3-4,28-29H2,1-2H3. The molecule has 0 spiro atoms. The molecule has 0 saturated heterocycles. The number of allylic oxidation sites excluding steroid dienone is 1. The Morgan fingerprint density at radius 2 is 1.29 bits per heavy atom. The van der Waals surface area contributed by atoms with Gasteiger partial charge in [-0.25, -0.2) is 5.43 Å². The SMILES string of the molecule is CCCCN1NC(Cc2ccc(-c3ccccc3-c3nnn(C(c4ccccc4)(c4ccccc4)c4ccccc4)n3)cc2)C(C=O)=C1C. The van der Waals surface area contributed by atoms with Crippen LogP contribution in [-0.4, -0.2) is 44.1 Å². The molecule has 0 saturated carbocycles. The summed E-state index contributed by atoms with van der Waals surface area (Å²) in [6.07, 6.45) is 3.92. The molecule has 7 nitrogen and oxygen atoms in total. The summed E-state index contributed by atoms with van der Waals surface area (Å²) in [7, 11) is 0. The van der Waals surface area contributed by atoms with Crippen molar-refractivity contribution in [1.82, 2.24) is 30.6 Å². The molecular weight excluding hydrogens is 605 g/mol. The first-order valence-electron chi connectivity index (χ1n) is 17.0. The predicted molar refractivity (Wildman–Crippen MR) is 194 cm³/mol. The molecule has 0 radical (unpaired) electrons. The minimum atomic E-state index is -0.848. The van der Waals surface area contributed by atoms with E-state index in [1.54, 1.807) is 4.80 Å². The number of rotatable bonds is 12. The first-order chi connectivity index (χ1) is 24.1. The quantitative estimate of drug-likeness (QED) is 0.108. The maximum atomic E-state index is 12.0. The fourth-order valence-electron chi connectivity index (χ4n) is 6.97. The molecule has 6 aromatic rings. The summed E-state index contributed by atoms with van der Waals surface area (Å²) in [5.74, 6) is 0.547. The van der Waals surface area contributed by atoms with E-state index < -0.39 is 5.54 Å². The van der Waals surface area contributed by atoms with E-state index in [1.807, 2.05) is 37.3 Å². The average Bonchev–Trinajstić information content (AvgIpc) is 3.77. The third-order valence-corrected chi connectivity index (χ3v) is 9.53. The molecule has 0 aliphatic carbocycles. The number of hydrazine groups is 1. The van der Waals surface area contributed by atoms with E-state index in [2.05, 4.69) is 127 Å². The van der Waals surface area contributed by atoms with Crippen LogP contribution in [0.2, 0.25) is 0 Å². The van der Waals surface area contributed by atoms with Gasteiger partial charge in [-0.15, -0.1) is 15.0 Å². The van der Waals surface area contributed by atoms with Gasteiger partial charge in [0.15, 0.2) is 5.54 Å². The van der Waals surface area contributed by atoms with E-state index >= 15 is 0 Å². The van der Waals surface area contributed by atoms with E-state index in [4.69, 9.17) is 15.4 Å². The van der Waals surface area contributed by atoms with Crippen molar-refractivity contribution in [3.63, 3.8) is 0 Å². The fraction of sp³-hybridized carbons (Fsp3) is 0.190. The van der Waals surface area contributed by atoms with Gasteiger partial charge in [0, 0.05) is 23.4 Å². The van der Waals surface area contributed by atoms with Gasteiger partial charge in [-0.05, 0) is 58.4 Å². The van der Waals surface area contributed by atoms with Crippen LogP contribution in [0.4, 0.5) is 0 Å². The van der Waals surface area contributed by atoms with Gasteiger partial charge < -0.3 is 5.01 Å². The molecule has 2 heterocycles. The first kappa shape index (κ1) is 31.9. The molecule has 0 fully saturated rings. The number of aldehydes is 1. The van der Waals surface area contributed by atoms with Gasteiger partial charge in [-0.2, -0.15) is 0 Å². The lowest BCUT2D eigenvalue weighted by atomic mass is 9.77. The summed E-state index contributed by atoms with van der Waals surface area (Å²) in [6.45, 7) is 5.10. The smallest absolute Gasteiger partial charge is 0.205 e. The van der Waals surface area contributed by atoms with Crippen LogP contribution in [0.5, 0.6) is 0 Å². The number of tetrazole rings is 1. The summed E-state index contributed by atoms with van der Waals surface area (Å²) in [5.41, 5.74) is 11.8. The Bertz CT molecular complexity index is 1940. The van der Waals surface area contributed by atoms with Crippen LogP contribution in [0, 0.1) is 0 Å². The highest BCUT2D eigenvalue weighted by Gasteiger charge is 2.41. The van der Waals surface area contributed by atoms with Crippen LogP contribution in [0.1, 0.15) is 48.9 Å². The minimum absolute atomic E-state index is 0.0363.